The van der Waals surface area contributed by atoms with Crippen LogP contribution in [0.25, 0.3) is 0 Å². The summed E-state index contributed by atoms with van der Waals surface area (Å²) in [6.45, 7) is 0. The molecule has 2 atom stereocenters. The van der Waals surface area contributed by atoms with Crippen molar-refractivity contribution < 1.29 is 13.6 Å². The van der Waals surface area contributed by atoms with Gasteiger partial charge < -0.3 is 9.05 Å². The van der Waals surface area contributed by atoms with Crippen molar-refractivity contribution in [2.24, 2.45) is 0 Å². The Balaban J connectivity index is 2.52. The number of alkyl halides is 1. The van der Waals surface area contributed by atoms with Crippen LogP contribution in [-0.2, 0) is 13.6 Å². The minimum absolute atomic E-state index is 0.0644. The molecule has 0 N–H and O–H groups in total. The molecule has 0 spiro atoms. The van der Waals surface area contributed by atoms with Crippen LogP contribution < -0.4 is 0 Å². The molecule has 5 heteroatoms. The Hall–Kier alpha value is 0.630. The van der Waals surface area contributed by atoms with Crippen LogP contribution in [-0.4, -0.2) is 24.7 Å². The van der Waals surface area contributed by atoms with Gasteiger partial charge in [-0.1, -0.05) is 15.9 Å². The van der Waals surface area contributed by atoms with E-state index >= 15 is 0 Å². The summed E-state index contributed by atoms with van der Waals surface area (Å²) in [6, 6.07) is 0. The van der Waals surface area contributed by atoms with Gasteiger partial charge in [-0.2, -0.15) is 0 Å². The van der Waals surface area contributed by atoms with Gasteiger partial charge in [0.15, 0.2) is 0 Å². The maximum Gasteiger partial charge on any atom is 0.330 e. The number of hydrogen-bond donors (Lipinski definition) is 0. The van der Waals surface area contributed by atoms with Crippen molar-refractivity contribution in [3.63, 3.8) is 0 Å². The maximum absolute atomic E-state index is 11.5. The van der Waals surface area contributed by atoms with E-state index in [9.17, 15) is 4.57 Å². The summed E-state index contributed by atoms with van der Waals surface area (Å²) in [7, 11) is -1.26. The zero-order chi connectivity index (χ0) is 8.32. The molecule has 2 unspecified atom stereocenters. The minimum Gasteiger partial charge on any atom is -0.312 e. The van der Waals surface area contributed by atoms with E-state index in [2.05, 4.69) is 15.9 Å². The van der Waals surface area contributed by atoms with Crippen molar-refractivity contribution in [1.29, 1.82) is 0 Å². The van der Waals surface area contributed by atoms with Gasteiger partial charge in [0.05, 0.1) is 12.3 Å². The van der Waals surface area contributed by atoms with Gasteiger partial charge in [-0.15, -0.1) is 0 Å². The number of hydrogen-bond acceptors (Lipinski definition) is 3. The molecule has 1 saturated heterocycles. The lowest BCUT2D eigenvalue weighted by atomic mass is 10.2. The van der Waals surface area contributed by atoms with Crippen molar-refractivity contribution in [2.75, 3.05) is 18.6 Å². The molecule has 0 radical (unpaired) electrons. The Morgan fingerprint density at radius 2 is 2.55 bits per heavy atom. The van der Waals surface area contributed by atoms with Crippen LogP contribution in [0.15, 0.2) is 0 Å². The third kappa shape index (κ3) is 2.55. The third-order valence-electron chi connectivity index (χ3n) is 1.72. The molecule has 11 heavy (non-hydrogen) atoms. The first-order valence-corrected chi connectivity index (χ1v) is 6.44. The summed E-state index contributed by atoms with van der Waals surface area (Å²) in [5, 5.41) is 0.736. The summed E-state index contributed by atoms with van der Waals surface area (Å²) in [4.78, 5) is 0. The molecule has 1 aliphatic rings. The van der Waals surface area contributed by atoms with E-state index < -0.39 is 7.60 Å². The Bertz CT molecular complexity index is 173. The van der Waals surface area contributed by atoms with Gasteiger partial charge in [-0.25, -0.2) is 0 Å². The van der Waals surface area contributed by atoms with Gasteiger partial charge in [0.1, 0.15) is 0 Å². The highest BCUT2D eigenvalue weighted by Gasteiger charge is 2.31. The summed E-state index contributed by atoms with van der Waals surface area (Å²) < 4.78 is 21.6. The zero-order valence-corrected chi connectivity index (χ0v) is 8.94. The van der Waals surface area contributed by atoms with Gasteiger partial charge >= 0.3 is 7.60 Å². The second-order valence-electron chi connectivity index (χ2n) is 2.54. The molecule has 3 nitrogen and oxygen atoms in total. The minimum atomic E-state index is -2.70. The molecule has 0 bridgehead atoms. The van der Waals surface area contributed by atoms with Crippen molar-refractivity contribution in [3.05, 3.63) is 0 Å². The van der Waals surface area contributed by atoms with Crippen LogP contribution in [0.2, 0.25) is 0 Å². The highest BCUT2D eigenvalue weighted by Crippen LogP contribution is 2.52. The van der Waals surface area contributed by atoms with Crippen LogP contribution in [0.5, 0.6) is 0 Å². The third-order valence-corrected chi connectivity index (χ3v) is 4.48. The van der Waals surface area contributed by atoms with Crippen LogP contribution in [0, 0.1) is 0 Å². The average Bonchev–Trinajstić information content (AvgIpc) is 2.05. The summed E-state index contributed by atoms with van der Waals surface area (Å²) in [5.41, 5.74) is 0. The molecule has 1 aliphatic heterocycles. The summed E-state index contributed by atoms with van der Waals surface area (Å²) in [5.74, 6) is 0. The lowest BCUT2D eigenvalue weighted by Gasteiger charge is -2.27. The molecule has 66 valence electrons. The van der Waals surface area contributed by atoms with E-state index in [1.807, 2.05) is 0 Å². The van der Waals surface area contributed by atoms with Gasteiger partial charge in [-0.05, 0) is 12.8 Å². The average molecular weight is 243 g/mol. The lowest BCUT2D eigenvalue weighted by Crippen LogP contribution is -2.20. The quantitative estimate of drug-likeness (QED) is 0.551. The molecular formula is C6H12BrO3P. The molecule has 0 aromatic heterocycles. The molecule has 1 heterocycles. The fourth-order valence-electron chi connectivity index (χ4n) is 1.08. The van der Waals surface area contributed by atoms with Crippen LogP contribution >= 0.6 is 23.5 Å². The highest BCUT2D eigenvalue weighted by atomic mass is 79.9. The molecule has 0 aliphatic carbocycles. The number of halogens is 1. The topological polar surface area (TPSA) is 35.5 Å². The molecule has 0 aromatic rings. The predicted octanol–water partition coefficient (Wildman–Crippen LogP) is 2.40. The van der Waals surface area contributed by atoms with Crippen LogP contribution in [0.4, 0.5) is 0 Å². The second kappa shape index (κ2) is 4.04. The molecule has 0 aromatic carbocycles. The Labute approximate surface area is 75.1 Å². The molecule has 0 amide bonds. The second-order valence-corrected chi connectivity index (χ2v) is 5.43. The van der Waals surface area contributed by atoms with E-state index in [0.717, 1.165) is 18.2 Å². The first kappa shape index (κ1) is 9.72. The molecule has 0 saturated carbocycles. The Kier molecular flexibility index (Phi) is 3.56. The van der Waals surface area contributed by atoms with Gasteiger partial charge in [0.2, 0.25) is 0 Å². The first-order chi connectivity index (χ1) is 5.20. The zero-order valence-electron chi connectivity index (χ0n) is 6.46. The van der Waals surface area contributed by atoms with Gasteiger partial charge in [-0.3, -0.25) is 4.57 Å². The van der Waals surface area contributed by atoms with E-state index in [0.29, 0.717) is 6.16 Å². The highest BCUT2D eigenvalue weighted by molar-refractivity contribution is 9.09. The van der Waals surface area contributed by atoms with E-state index in [1.165, 1.54) is 7.11 Å². The fourth-order valence-corrected chi connectivity index (χ4v) is 3.32. The Morgan fingerprint density at radius 1 is 1.82 bits per heavy atom. The van der Waals surface area contributed by atoms with E-state index in [4.69, 9.17) is 9.05 Å². The van der Waals surface area contributed by atoms with Gasteiger partial charge in [0, 0.05) is 12.4 Å². The first-order valence-electron chi connectivity index (χ1n) is 3.59. The van der Waals surface area contributed by atoms with Gasteiger partial charge in [0.25, 0.3) is 0 Å². The summed E-state index contributed by atoms with van der Waals surface area (Å²) >= 11 is 3.29. The summed E-state index contributed by atoms with van der Waals surface area (Å²) in [6.07, 6.45) is 2.53. The molecular weight excluding hydrogens is 231 g/mol. The molecule has 1 fully saturated rings. The maximum atomic E-state index is 11.5. The number of rotatable bonds is 2. The van der Waals surface area contributed by atoms with Crippen LogP contribution in [0.1, 0.15) is 12.8 Å². The van der Waals surface area contributed by atoms with E-state index in [1.54, 1.807) is 0 Å². The lowest BCUT2D eigenvalue weighted by molar-refractivity contribution is 0.153. The monoisotopic (exact) mass is 242 g/mol. The largest absolute Gasteiger partial charge is 0.330 e. The Morgan fingerprint density at radius 3 is 3.09 bits per heavy atom. The van der Waals surface area contributed by atoms with E-state index in [-0.39, 0.29) is 6.10 Å². The normalized spacial score (nSPS) is 38.9. The SMILES string of the molecule is COP1(=O)CCCC(CBr)O1. The van der Waals surface area contributed by atoms with Crippen molar-refractivity contribution >= 4 is 23.5 Å². The van der Waals surface area contributed by atoms with Crippen molar-refractivity contribution in [3.8, 4) is 0 Å². The van der Waals surface area contributed by atoms with Crippen molar-refractivity contribution in [1.82, 2.24) is 0 Å². The fraction of sp³-hybridized carbons (Fsp3) is 1.00. The smallest absolute Gasteiger partial charge is 0.312 e. The van der Waals surface area contributed by atoms with Crippen molar-refractivity contribution in [2.45, 2.75) is 18.9 Å². The van der Waals surface area contributed by atoms with Crippen LogP contribution in [0.3, 0.4) is 0 Å². The predicted molar refractivity (Wildman–Crippen MR) is 47.4 cm³/mol. The molecule has 1 rings (SSSR count). The standard InChI is InChI=1S/C6H12BrO3P/c1-9-11(8)4-2-3-6(5-7)10-11/h6H,2-5H2,1H3.